The summed E-state index contributed by atoms with van der Waals surface area (Å²) >= 11 is 0. The summed E-state index contributed by atoms with van der Waals surface area (Å²) in [7, 11) is -0.277. The zero-order valence-electron chi connectivity index (χ0n) is 21.5. The van der Waals surface area contributed by atoms with Crippen LogP contribution < -0.4 is 14.2 Å². The molecule has 3 atom stereocenters. The Hall–Kier alpha value is -2.17. The van der Waals surface area contributed by atoms with Crippen molar-refractivity contribution in [2.45, 2.75) is 55.8 Å². The van der Waals surface area contributed by atoms with E-state index >= 15 is 0 Å². The highest BCUT2D eigenvalue weighted by Gasteiger charge is 2.39. The van der Waals surface area contributed by atoms with Gasteiger partial charge in [-0.05, 0) is 55.4 Å². The quantitative estimate of drug-likeness (QED) is 0.546. The van der Waals surface area contributed by atoms with E-state index in [9.17, 15) is 13.5 Å². The summed E-state index contributed by atoms with van der Waals surface area (Å²) in [6, 6.07) is 12.9. The molecule has 8 nitrogen and oxygen atoms in total. The Labute approximate surface area is 215 Å². The lowest BCUT2D eigenvalue weighted by molar-refractivity contribution is 0.0713. The minimum Gasteiger partial charge on any atom is -0.497 e. The second-order valence-corrected chi connectivity index (χ2v) is 11.6. The highest BCUT2D eigenvalue weighted by Crippen LogP contribution is 2.34. The van der Waals surface area contributed by atoms with Crippen molar-refractivity contribution in [1.29, 1.82) is 0 Å². The van der Waals surface area contributed by atoms with E-state index in [0.29, 0.717) is 18.8 Å². The standard InChI is InChI=1S/C27H39N3O5S/c1-4-5-6-7-13-30-18-24-26(19-30)35-25-15-21(20-9-8-10-23(14-20)34-3)11-12-27(25)36(32,33)28-16-22(31)17-29(24)2/h8-12,14-15,22,24,26,28,31H,4-7,13,16-19H2,1-3H3/t22-,24+,26-/m0/s1. The highest BCUT2D eigenvalue weighted by atomic mass is 32.2. The first-order valence-electron chi connectivity index (χ1n) is 12.9. The maximum absolute atomic E-state index is 13.2. The Morgan fingerprint density at radius 2 is 1.89 bits per heavy atom. The van der Waals surface area contributed by atoms with Crippen LogP contribution in [0, 0.1) is 0 Å². The number of rotatable bonds is 7. The Bertz CT molecular complexity index is 1130. The molecule has 9 heteroatoms. The lowest BCUT2D eigenvalue weighted by Crippen LogP contribution is -2.47. The Kier molecular flexibility index (Phi) is 8.90. The summed E-state index contributed by atoms with van der Waals surface area (Å²) in [6.07, 6.45) is 3.73. The maximum atomic E-state index is 13.2. The van der Waals surface area contributed by atoms with Gasteiger partial charge in [-0.3, -0.25) is 9.80 Å². The molecule has 2 aromatic carbocycles. The molecule has 0 radical (unpaired) electrons. The number of hydrogen-bond donors (Lipinski definition) is 2. The molecule has 36 heavy (non-hydrogen) atoms. The summed E-state index contributed by atoms with van der Waals surface area (Å²) in [4.78, 5) is 4.59. The van der Waals surface area contributed by atoms with Gasteiger partial charge in [-0.15, -0.1) is 0 Å². The van der Waals surface area contributed by atoms with Crippen LogP contribution in [0.4, 0.5) is 0 Å². The topological polar surface area (TPSA) is 91.3 Å². The normalized spacial score (nSPS) is 24.8. The number of β-amino-alcohol motifs (C(OH)–C–C–N with tert-alkyl or cyclic N) is 1. The van der Waals surface area contributed by atoms with Gasteiger partial charge >= 0.3 is 0 Å². The number of unbranched alkanes of at least 4 members (excludes halogenated alkanes) is 3. The number of fused-ring (bicyclic) bond motifs is 2. The fourth-order valence-electron chi connectivity index (χ4n) is 5.10. The van der Waals surface area contributed by atoms with Crippen LogP contribution in [-0.4, -0.2) is 88.5 Å². The first-order valence-corrected chi connectivity index (χ1v) is 14.3. The smallest absolute Gasteiger partial charge is 0.244 e. The number of likely N-dealkylation sites (N-methyl/N-ethyl adjacent to an activating group) is 1. The molecule has 198 valence electrons. The molecule has 2 aromatic rings. The van der Waals surface area contributed by atoms with Gasteiger partial charge in [0.25, 0.3) is 0 Å². The van der Waals surface area contributed by atoms with Crippen LogP contribution in [0.5, 0.6) is 11.5 Å². The number of likely N-dealkylation sites (tertiary alicyclic amines) is 1. The van der Waals surface area contributed by atoms with Gasteiger partial charge in [-0.1, -0.05) is 44.4 Å². The molecule has 2 N–H and O–H groups in total. The van der Waals surface area contributed by atoms with Gasteiger partial charge in [0.2, 0.25) is 10.0 Å². The van der Waals surface area contributed by atoms with Gasteiger partial charge in [0.1, 0.15) is 22.5 Å². The highest BCUT2D eigenvalue weighted by molar-refractivity contribution is 7.89. The van der Waals surface area contributed by atoms with Gasteiger partial charge in [-0.25, -0.2) is 13.1 Å². The third kappa shape index (κ3) is 6.39. The van der Waals surface area contributed by atoms with E-state index < -0.39 is 16.1 Å². The van der Waals surface area contributed by atoms with Crippen LogP contribution in [-0.2, 0) is 10.0 Å². The van der Waals surface area contributed by atoms with Crippen LogP contribution in [0.3, 0.4) is 0 Å². The monoisotopic (exact) mass is 517 g/mol. The van der Waals surface area contributed by atoms with E-state index in [1.54, 1.807) is 25.3 Å². The van der Waals surface area contributed by atoms with E-state index in [0.717, 1.165) is 36.4 Å². The molecular formula is C27H39N3O5S. The van der Waals surface area contributed by atoms with Crippen molar-refractivity contribution in [3.63, 3.8) is 0 Å². The Balaban J connectivity index is 1.68. The summed E-state index contributed by atoms with van der Waals surface area (Å²) in [5, 5.41) is 10.6. The summed E-state index contributed by atoms with van der Waals surface area (Å²) in [6.45, 7) is 5.05. The van der Waals surface area contributed by atoms with Gasteiger partial charge < -0.3 is 14.6 Å². The van der Waals surface area contributed by atoms with Gasteiger partial charge in [-0.2, -0.15) is 0 Å². The van der Waals surface area contributed by atoms with E-state index in [2.05, 4.69) is 21.4 Å². The number of aliphatic hydroxyl groups is 1. The average Bonchev–Trinajstić information content (AvgIpc) is 3.27. The van der Waals surface area contributed by atoms with Crippen LogP contribution >= 0.6 is 0 Å². The van der Waals surface area contributed by atoms with Crippen LogP contribution in [0.2, 0.25) is 0 Å². The molecule has 0 bridgehead atoms. The fourth-order valence-corrected chi connectivity index (χ4v) is 6.29. The van der Waals surface area contributed by atoms with Gasteiger partial charge in [0.15, 0.2) is 0 Å². The fraction of sp³-hybridized carbons (Fsp3) is 0.556. The molecular weight excluding hydrogens is 478 g/mol. The maximum Gasteiger partial charge on any atom is 0.244 e. The molecule has 0 saturated carbocycles. The minimum absolute atomic E-state index is 0.0416. The van der Waals surface area contributed by atoms with Crippen LogP contribution in [0.1, 0.15) is 32.6 Å². The minimum atomic E-state index is -3.87. The third-order valence-electron chi connectivity index (χ3n) is 7.13. The lowest BCUT2D eigenvalue weighted by Gasteiger charge is -2.30. The first kappa shape index (κ1) is 26.9. The summed E-state index contributed by atoms with van der Waals surface area (Å²) in [5.74, 6) is 1.06. The van der Waals surface area contributed by atoms with Crippen molar-refractivity contribution in [1.82, 2.24) is 14.5 Å². The average molecular weight is 518 g/mol. The number of nitrogens with one attached hydrogen (secondary N) is 1. The van der Waals surface area contributed by atoms with E-state index in [-0.39, 0.29) is 23.6 Å². The SMILES string of the molecule is CCCCCCN1C[C@@H]2Oc3cc(-c4cccc(OC)c4)ccc3S(=O)(=O)NC[C@H](O)CN(C)[C@@H]2C1. The van der Waals surface area contributed by atoms with Crippen LogP contribution in [0.25, 0.3) is 11.1 Å². The number of methoxy groups -OCH3 is 1. The number of nitrogens with zero attached hydrogens (tertiary/aromatic N) is 2. The number of sulfonamides is 1. The van der Waals surface area contributed by atoms with Gasteiger partial charge in [0, 0.05) is 26.2 Å². The zero-order chi connectivity index (χ0) is 25.7. The predicted octanol–water partition coefficient (Wildman–Crippen LogP) is 2.96. The largest absolute Gasteiger partial charge is 0.497 e. The molecule has 0 amide bonds. The molecule has 2 heterocycles. The molecule has 0 aliphatic carbocycles. The summed E-state index contributed by atoms with van der Waals surface area (Å²) < 4.78 is 40.9. The van der Waals surface area contributed by atoms with E-state index in [1.165, 1.54) is 19.3 Å². The number of ether oxygens (including phenoxy) is 2. The Morgan fingerprint density at radius 3 is 2.67 bits per heavy atom. The van der Waals surface area contributed by atoms with Crippen LogP contribution in [0.15, 0.2) is 47.4 Å². The zero-order valence-corrected chi connectivity index (χ0v) is 22.3. The van der Waals surface area contributed by atoms with Crippen molar-refractivity contribution in [3.8, 4) is 22.6 Å². The van der Waals surface area contributed by atoms with Crippen molar-refractivity contribution in [2.75, 3.05) is 46.9 Å². The third-order valence-corrected chi connectivity index (χ3v) is 8.59. The number of aliphatic hydroxyl groups excluding tert-OH is 1. The van der Waals surface area contributed by atoms with Gasteiger partial charge in [0.05, 0.1) is 19.3 Å². The molecule has 2 aliphatic heterocycles. The second kappa shape index (κ2) is 11.9. The number of hydrogen-bond acceptors (Lipinski definition) is 7. The van der Waals surface area contributed by atoms with E-state index in [4.69, 9.17) is 9.47 Å². The Morgan fingerprint density at radius 1 is 1.08 bits per heavy atom. The predicted molar refractivity (Wildman–Crippen MR) is 141 cm³/mol. The first-order chi connectivity index (χ1) is 17.3. The van der Waals surface area contributed by atoms with Crippen molar-refractivity contribution < 1.29 is 23.0 Å². The molecule has 0 aromatic heterocycles. The molecule has 4 rings (SSSR count). The molecule has 0 unspecified atom stereocenters. The van der Waals surface area contributed by atoms with E-state index in [1.807, 2.05) is 31.3 Å². The lowest BCUT2D eigenvalue weighted by atomic mass is 10.1. The van der Waals surface area contributed by atoms with Crippen molar-refractivity contribution in [2.24, 2.45) is 0 Å². The molecule has 1 fully saturated rings. The molecule has 1 saturated heterocycles. The number of benzene rings is 2. The molecule has 0 spiro atoms. The second-order valence-electron chi connectivity index (χ2n) is 9.88. The molecule has 2 aliphatic rings. The summed E-state index contributed by atoms with van der Waals surface area (Å²) in [5.41, 5.74) is 1.76. The van der Waals surface area contributed by atoms with Crippen molar-refractivity contribution >= 4 is 10.0 Å². The van der Waals surface area contributed by atoms with Crippen molar-refractivity contribution in [3.05, 3.63) is 42.5 Å².